The molecule has 0 aromatic carbocycles. The van der Waals surface area contributed by atoms with Crippen LogP contribution in [0.25, 0.3) is 0 Å². The summed E-state index contributed by atoms with van der Waals surface area (Å²) in [6, 6.07) is 0. The Balaban J connectivity index is 3.20. The Morgan fingerprint density at radius 2 is 2.38 bits per heavy atom. The largest absolute Gasteiger partial charge is 0.295 e. The van der Waals surface area contributed by atoms with Gasteiger partial charge >= 0.3 is 0 Å². The van der Waals surface area contributed by atoms with Gasteiger partial charge in [-0.05, 0) is 12.5 Å². The average molecular weight is 111 g/mol. The monoisotopic (exact) mass is 111 g/mol. The molecule has 0 aliphatic rings. The lowest BCUT2D eigenvalue weighted by Crippen LogP contribution is -1.79. The second kappa shape index (κ2) is 4.57. The van der Waals surface area contributed by atoms with Crippen LogP contribution >= 0.6 is 0 Å². The summed E-state index contributed by atoms with van der Waals surface area (Å²) in [7, 11) is 0. The maximum Gasteiger partial charge on any atom is 0.155 e. The van der Waals surface area contributed by atoms with Crippen LogP contribution in [0.2, 0.25) is 0 Å². The van der Waals surface area contributed by atoms with Gasteiger partial charge < -0.3 is 0 Å². The molecule has 8 heavy (non-hydrogen) atoms. The number of carbonyl (C=O) groups excluding carboxylic acids is 1. The maximum absolute atomic E-state index is 10.1. The highest BCUT2D eigenvalue weighted by atomic mass is 16.1. The van der Waals surface area contributed by atoms with Gasteiger partial charge in [-0.15, -0.1) is 0 Å². The molecule has 1 heteroatoms. The Morgan fingerprint density at radius 3 is 2.75 bits per heavy atom. The molecule has 1 radical (unpaired) electrons. The molecule has 0 aliphatic carbocycles. The standard InChI is InChI=1S/C7H11O/c1-3-4-5-6-7(2)8/h5-6H,2-4H2,1H3. The van der Waals surface area contributed by atoms with Gasteiger partial charge in [0.25, 0.3) is 0 Å². The van der Waals surface area contributed by atoms with Crippen LogP contribution < -0.4 is 0 Å². The van der Waals surface area contributed by atoms with E-state index in [1.165, 1.54) is 6.08 Å². The first kappa shape index (κ1) is 7.41. The van der Waals surface area contributed by atoms with E-state index in [2.05, 4.69) is 13.8 Å². The van der Waals surface area contributed by atoms with Gasteiger partial charge in [-0.3, -0.25) is 4.79 Å². The zero-order valence-electron chi connectivity index (χ0n) is 5.18. The molecule has 0 spiro atoms. The third-order valence-electron chi connectivity index (χ3n) is 0.759. The Hall–Kier alpha value is -0.590. The van der Waals surface area contributed by atoms with Gasteiger partial charge in [0.1, 0.15) is 0 Å². The van der Waals surface area contributed by atoms with E-state index in [1.807, 2.05) is 6.08 Å². The first-order chi connectivity index (χ1) is 3.77. The maximum atomic E-state index is 10.1. The molecule has 0 bridgehead atoms. The van der Waals surface area contributed by atoms with Gasteiger partial charge in [-0.2, -0.15) is 0 Å². The minimum absolute atomic E-state index is 0.113. The van der Waals surface area contributed by atoms with Crippen LogP contribution in [0.4, 0.5) is 0 Å². The minimum atomic E-state index is -0.113. The Bertz CT molecular complexity index is 92.6. The molecule has 0 heterocycles. The fourth-order valence-electron chi connectivity index (χ4n) is 0.381. The van der Waals surface area contributed by atoms with Gasteiger partial charge in [-0.25, -0.2) is 0 Å². The summed E-state index contributed by atoms with van der Waals surface area (Å²) in [5.74, 6) is -0.113. The van der Waals surface area contributed by atoms with Crippen molar-refractivity contribution in [1.82, 2.24) is 0 Å². The van der Waals surface area contributed by atoms with Crippen molar-refractivity contribution in [2.24, 2.45) is 0 Å². The van der Waals surface area contributed by atoms with Crippen molar-refractivity contribution in [3.63, 3.8) is 0 Å². The second-order valence-corrected chi connectivity index (χ2v) is 1.66. The van der Waals surface area contributed by atoms with Crippen LogP contribution in [-0.2, 0) is 4.79 Å². The van der Waals surface area contributed by atoms with Gasteiger partial charge in [0.15, 0.2) is 5.78 Å². The van der Waals surface area contributed by atoms with Crippen molar-refractivity contribution in [2.45, 2.75) is 19.8 Å². The molecule has 0 unspecified atom stereocenters. The quantitative estimate of drug-likeness (QED) is 0.507. The van der Waals surface area contributed by atoms with E-state index < -0.39 is 0 Å². The fraction of sp³-hybridized carbons (Fsp3) is 0.429. The number of ketones is 1. The van der Waals surface area contributed by atoms with Crippen molar-refractivity contribution in [1.29, 1.82) is 0 Å². The average Bonchev–Trinajstić information content (AvgIpc) is 1.66. The first-order valence-electron chi connectivity index (χ1n) is 2.80. The van der Waals surface area contributed by atoms with E-state index in [4.69, 9.17) is 0 Å². The van der Waals surface area contributed by atoms with Crippen molar-refractivity contribution in [3.8, 4) is 0 Å². The van der Waals surface area contributed by atoms with Crippen LogP contribution in [0.3, 0.4) is 0 Å². The molecule has 0 aromatic rings. The van der Waals surface area contributed by atoms with E-state index in [1.54, 1.807) is 0 Å². The third-order valence-corrected chi connectivity index (χ3v) is 0.759. The van der Waals surface area contributed by atoms with Crippen molar-refractivity contribution < 1.29 is 4.79 Å². The molecule has 1 nitrogen and oxygen atoms in total. The third kappa shape index (κ3) is 5.41. The highest BCUT2D eigenvalue weighted by molar-refractivity contribution is 5.93. The number of rotatable bonds is 3. The lowest BCUT2D eigenvalue weighted by atomic mass is 10.3. The van der Waals surface area contributed by atoms with Crippen LogP contribution in [0.5, 0.6) is 0 Å². The Morgan fingerprint density at radius 1 is 1.75 bits per heavy atom. The molecule has 0 fully saturated rings. The molecule has 0 aliphatic heterocycles. The summed E-state index contributed by atoms with van der Waals surface area (Å²) in [5.41, 5.74) is 0. The number of allylic oxidation sites excluding steroid dienone is 2. The summed E-state index contributed by atoms with van der Waals surface area (Å²) in [5, 5.41) is 0. The molecular weight excluding hydrogens is 100 g/mol. The molecule has 45 valence electrons. The van der Waals surface area contributed by atoms with Crippen molar-refractivity contribution >= 4 is 5.78 Å². The van der Waals surface area contributed by atoms with E-state index >= 15 is 0 Å². The summed E-state index contributed by atoms with van der Waals surface area (Å²) >= 11 is 0. The molecule has 0 rings (SSSR count). The first-order valence-corrected chi connectivity index (χ1v) is 2.80. The van der Waals surface area contributed by atoms with Gasteiger partial charge in [0.05, 0.1) is 0 Å². The normalized spacial score (nSPS) is 10.2. The summed E-state index contributed by atoms with van der Waals surface area (Å²) in [6.45, 7) is 5.25. The Labute approximate surface area is 50.4 Å². The van der Waals surface area contributed by atoms with Gasteiger partial charge in [0.2, 0.25) is 0 Å². The predicted octanol–water partition coefficient (Wildman–Crippen LogP) is 1.75. The smallest absolute Gasteiger partial charge is 0.155 e. The molecule has 0 amide bonds. The van der Waals surface area contributed by atoms with Crippen LogP contribution in [0.15, 0.2) is 12.2 Å². The topological polar surface area (TPSA) is 17.1 Å². The second-order valence-electron chi connectivity index (χ2n) is 1.66. The number of hydrogen-bond donors (Lipinski definition) is 0. The molecule has 0 saturated carbocycles. The zero-order valence-corrected chi connectivity index (χ0v) is 5.18. The molecule has 0 atom stereocenters. The van der Waals surface area contributed by atoms with E-state index in [-0.39, 0.29) is 5.78 Å². The van der Waals surface area contributed by atoms with Gasteiger partial charge in [-0.1, -0.05) is 19.4 Å². The van der Waals surface area contributed by atoms with Crippen LogP contribution in [-0.4, -0.2) is 5.78 Å². The SMILES string of the molecule is [CH2]C(=O)C=CCCC. The molecular formula is C7H11O. The molecule has 0 N–H and O–H groups in total. The van der Waals surface area contributed by atoms with Crippen LogP contribution in [0, 0.1) is 6.92 Å². The number of hydrogen-bond acceptors (Lipinski definition) is 1. The lowest BCUT2D eigenvalue weighted by molar-refractivity contribution is -0.110. The highest BCUT2D eigenvalue weighted by Gasteiger charge is 1.78. The zero-order chi connectivity index (χ0) is 6.41. The number of unbranched alkanes of at least 4 members (excludes halogenated alkanes) is 1. The molecule has 0 aromatic heterocycles. The van der Waals surface area contributed by atoms with Crippen molar-refractivity contribution in [2.75, 3.05) is 0 Å². The summed E-state index contributed by atoms with van der Waals surface area (Å²) in [6.07, 6.45) is 5.41. The van der Waals surface area contributed by atoms with Crippen LogP contribution in [0.1, 0.15) is 19.8 Å². The van der Waals surface area contributed by atoms with Crippen molar-refractivity contribution in [3.05, 3.63) is 19.1 Å². The lowest BCUT2D eigenvalue weighted by Gasteiger charge is -1.79. The van der Waals surface area contributed by atoms with E-state index in [0.29, 0.717) is 0 Å². The number of carbonyl (C=O) groups is 1. The molecule has 0 saturated heterocycles. The van der Waals surface area contributed by atoms with Gasteiger partial charge in [0, 0.05) is 6.92 Å². The van der Waals surface area contributed by atoms with E-state index in [0.717, 1.165) is 12.8 Å². The highest BCUT2D eigenvalue weighted by Crippen LogP contribution is 1.87. The summed E-state index contributed by atoms with van der Waals surface area (Å²) in [4.78, 5) is 10.1. The fourth-order valence-corrected chi connectivity index (χ4v) is 0.381. The minimum Gasteiger partial charge on any atom is -0.295 e. The predicted molar refractivity (Wildman–Crippen MR) is 34.4 cm³/mol. The Kier molecular flexibility index (Phi) is 4.23. The van der Waals surface area contributed by atoms with E-state index in [9.17, 15) is 4.79 Å². The summed E-state index contributed by atoms with van der Waals surface area (Å²) < 4.78 is 0.